The van der Waals surface area contributed by atoms with E-state index >= 15 is 0 Å². The first-order valence-corrected chi connectivity index (χ1v) is 6.67. The summed E-state index contributed by atoms with van der Waals surface area (Å²) in [4.78, 5) is 23.6. The maximum atomic E-state index is 13.2. The third-order valence-corrected chi connectivity index (χ3v) is 3.19. The molecule has 0 spiro atoms. The Morgan fingerprint density at radius 3 is 2.91 bits per heavy atom. The molecule has 0 aromatic heterocycles. The van der Waals surface area contributed by atoms with Crippen LogP contribution in [-0.4, -0.2) is 18.4 Å². The van der Waals surface area contributed by atoms with E-state index in [-0.39, 0.29) is 18.1 Å². The van der Waals surface area contributed by atoms with Crippen molar-refractivity contribution in [3.05, 3.63) is 53.3 Å². The number of rotatable bonds is 2. The highest BCUT2D eigenvalue weighted by Gasteiger charge is 2.21. The van der Waals surface area contributed by atoms with Crippen molar-refractivity contribution in [1.82, 2.24) is 0 Å². The van der Waals surface area contributed by atoms with Crippen LogP contribution in [0.1, 0.15) is 15.9 Å². The molecule has 2 aromatic carbocycles. The molecule has 0 bridgehead atoms. The maximum absolute atomic E-state index is 13.2. The predicted molar refractivity (Wildman–Crippen MR) is 79.7 cm³/mol. The molecule has 0 fully saturated rings. The van der Waals surface area contributed by atoms with Crippen molar-refractivity contribution in [1.29, 1.82) is 0 Å². The summed E-state index contributed by atoms with van der Waals surface area (Å²) in [5.41, 5.74) is 1.99. The van der Waals surface area contributed by atoms with Gasteiger partial charge in [0.1, 0.15) is 5.82 Å². The Morgan fingerprint density at radius 2 is 2.14 bits per heavy atom. The Balaban J connectivity index is 1.92. The predicted octanol–water partition coefficient (Wildman–Crippen LogP) is 2.72. The summed E-state index contributed by atoms with van der Waals surface area (Å²) in [6.45, 7) is 1.72. The van der Waals surface area contributed by atoms with Gasteiger partial charge in [-0.2, -0.15) is 0 Å². The van der Waals surface area contributed by atoms with Crippen LogP contribution in [0, 0.1) is 12.7 Å². The Morgan fingerprint density at radius 1 is 1.32 bits per heavy atom. The molecule has 3 rings (SSSR count). The molecule has 0 atom stereocenters. The second-order valence-electron chi connectivity index (χ2n) is 4.99. The smallest absolute Gasteiger partial charge is 0.262 e. The molecule has 1 aliphatic heterocycles. The first-order chi connectivity index (χ1) is 10.5. The van der Waals surface area contributed by atoms with Crippen molar-refractivity contribution < 1.29 is 18.7 Å². The zero-order valence-corrected chi connectivity index (χ0v) is 11.8. The molecule has 0 saturated heterocycles. The lowest BCUT2D eigenvalue weighted by molar-refractivity contribution is -0.118. The lowest BCUT2D eigenvalue weighted by Crippen LogP contribution is -2.26. The molecule has 0 aliphatic carbocycles. The number of carbonyl (C=O) groups excluding carboxylic acids is 2. The van der Waals surface area contributed by atoms with Gasteiger partial charge in [0.2, 0.25) is 0 Å². The largest absolute Gasteiger partial charge is 0.479 e. The van der Waals surface area contributed by atoms with E-state index in [1.54, 1.807) is 12.1 Å². The zero-order chi connectivity index (χ0) is 15.7. The highest BCUT2D eigenvalue weighted by atomic mass is 19.1. The number of amides is 2. The molecule has 112 valence electrons. The molecule has 0 unspecified atom stereocenters. The van der Waals surface area contributed by atoms with Gasteiger partial charge in [0.25, 0.3) is 11.8 Å². The first-order valence-electron chi connectivity index (χ1n) is 6.67. The normalized spacial score (nSPS) is 12.9. The zero-order valence-electron chi connectivity index (χ0n) is 11.8. The average molecular weight is 300 g/mol. The Hall–Kier alpha value is -2.89. The summed E-state index contributed by atoms with van der Waals surface area (Å²) >= 11 is 0. The maximum Gasteiger partial charge on any atom is 0.262 e. The Bertz CT molecular complexity index is 774. The summed E-state index contributed by atoms with van der Waals surface area (Å²) < 4.78 is 18.6. The van der Waals surface area contributed by atoms with Crippen LogP contribution in [0.15, 0.2) is 36.4 Å². The topological polar surface area (TPSA) is 67.4 Å². The van der Waals surface area contributed by atoms with E-state index in [4.69, 9.17) is 4.74 Å². The first kappa shape index (κ1) is 14.1. The van der Waals surface area contributed by atoms with E-state index in [0.29, 0.717) is 17.1 Å². The van der Waals surface area contributed by atoms with E-state index in [1.807, 2.05) is 6.92 Å². The molecule has 0 radical (unpaired) electrons. The van der Waals surface area contributed by atoms with E-state index < -0.39 is 11.7 Å². The monoisotopic (exact) mass is 300 g/mol. The molecule has 2 amide bonds. The lowest BCUT2D eigenvalue weighted by Gasteiger charge is -2.21. The number of nitrogens with one attached hydrogen (secondary N) is 2. The lowest BCUT2D eigenvalue weighted by atomic mass is 10.1. The average Bonchev–Trinajstić information content (AvgIpc) is 2.46. The van der Waals surface area contributed by atoms with Gasteiger partial charge < -0.3 is 15.4 Å². The summed E-state index contributed by atoms with van der Waals surface area (Å²) in [6.07, 6.45) is 0. The van der Waals surface area contributed by atoms with Gasteiger partial charge in [-0.15, -0.1) is 0 Å². The number of halogens is 1. The summed E-state index contributed by atoms with van der Waals surface area (Å²) in [7, 11) is 0. The highest BCUT2D eigenvalue weighted by Crippen LogP contribution is 2.37. The van der Waals surface area contributed by atoms with Gasteiger partial charge in [-0.05, 0) is 42.8 Å². The van der Waals surface area contributed by atoms with Crippen LogP contribution >= 0.6 is 0 Å². The molecule has 1 aliphatic rings. The van der Waals surface area contributed by atoms with Gasteiger partial charge in [-0.3, -0.25) is 9.59 Å². The number of hydrogen-bond donors (Lipinski definition) is 2. The quantitative estimate of drug-likeness (QED) is 0.896. The fourth-order valence-corrected chi connectivity index (χ4v) is 2.26. The fourth-order valence-electron chi connectivity index (χ4n) is 2.26. The van der Waals surface area contributed by atoms with Crippen molar-refractivity contribution in [2.24, 2.45) is 0 Å². The summed E-state index contributed by atoms with van der Waals surface area (Å²) in [5, 5.41) is 5.38. The van der Waals surface area contributed by atoms with Crippen molar-refractivity contribution in [3.63, 3.8) is 0 Å². The number of ether oxygens (including phenoxy) is 1. The van der Waals surface area contributed by atoms with Crippen LogP contribution in [0.25, 0.3) is 0 Å². The molecule has 22 heavy (non-hydrogen) atoms. The van der Waals surface area contributed by atoms with Crippen molar-refractivity contribution >= 4 is 23.2 Å². The molecule has 2 N–H and O–H groups in total. The minimum atomic E-state index is -0.484. The van der Waals surface area contributed by atoms with Gasteiger partial charge >= 0.3 is 0 Å². The number of aryl methyl sites for hydroxylation is 1. The van der Waals surface area contributed by atoms with Gasteiger partial charge in [0, 0.05) is 5.56 Å². The standard InChI is InChI=1S/C16H13FN2O3/c1-9-5-12-15(22-8-14(20)18-12)13(6-9)19-16(21)10-3-2-4-11(17)7-10/h2-7H,8H2,1H3,(H,18,20)(H,19,21). The van der Waals surface area contributed by atoms with Crippen LogP contribution in [0.5, 0.6) is 5.75 Å². The minimum absolute atomic E-state index is 0.112. The molecule has 6 heteroatoms. The number of carbonyl (C=O) groups is 2. The SMILES string of the molecule is Cc1cc2c(c(NC(=O)c3cccc(F)c3)c1)OCC(=O)N2. The second-order valence-corrected chi connectivity index (χ2v) is 4.99. The van der Waals surface area contributed by atoms with Crippen molar-refractivity contribution in [3.8, 4) is 5.75 Å². The molecule has 2 aromatic rings. The third kappa shape index (κ3) is 2.76. The van der Waals surface area contributed by atoms with Crippen LogP contribution in [0.2, 0.25) is 0 Å². The van der Waals surface area contributed by atoms with Crippen LogP contribution in [0.3, 0.4) is 0 Å². The summed E-state index contributed by atoms with van der Waals surface area (Å²) in [5.74, 6) is -0.786. The summed E-state index contributed by atoms with van der Waals surface area (Å²) in [6, 6.07) is 8.89. The van der Waals surface area contributed by atoms with Gasteiger partial charge in [-0.1, -0.05) is 6.07 Å². The highest BCUT2D eigenvalue weighted by molar-refractivity contribution is 6.06. The van der Waals surface area contributed by atoms with Gasteiger partial charge in [0.15, 0.2) is 12.4 Å². The van der Waals surface area contributed by atoms with Crippen LogP contribution in [-0.2, 0) is 4.79 Å². The molecule has 1 heterocycles. The van der Waals surface area contributed by atoms with Crippen molar-refractivity contribution in [2.75, 3.05) is 17.2 Å². The number of hydrogen-bond acceptors (Lipinski definition) is 3. The Labute approximate surface area is 126 Å². The molecule has 0 saturated carbocycles. The van der Waals surface area contributed by atoms with Gasteiger partial charge in [0.05, 0.1) is 11.4 Å². The number of anilines is 2. The van der Waals surface area contributed by atoms with Crippen molar-refractivity contribution in [2.45, 2.75) is 6.92 Å². The van der Waals surface area contributed by atoms with E-state index in [2.05, 4.69) is 10.6 Å². The minimum Gasteiger partial charge on any atom is -0.479 e. The second kappa shape index (κ2) is 5.48. The third-order valence-electron chi connectivity index (χ3n) is 3.19. The molecular formula is C16H13FN2O3. The van der Waals surface area contributed by atoms with Gasteiger partial charge in [-0.25, -0.2) is 4.39 Å². The van der Waals surface area contributed by atoms with Crippen LogP contribution < -0.4 is 15.4 Å². The number of benzene rings is 2. The van der Waals surface area contributed by atoms with E-state index in [1.165, 1.54) is 18.2 Å². The molecule has 5 nitrogen and oxygen atoms in total. The van der Waals surface area contributed by atoms with E-state index in [0.717, 1.165) is 11.6 Å². The Kier molecular flexibility index (Phi) is 3.50. The van der Waals surface area contributed by atoms with E-state index in [9.17, 15) is 14.0 Å². The molecular weight excluding hydrogens is 287 g/mol. The van der Waals surface area contributed by atoms with Crippen LogP contribution in [0.4, 0.5) is 15.8 Å². The number of fused-ring (bicyclic) bond motifs is 1. The fraction of sp³-hybridized carbons (Fsp3) is 0.125.